The number of nitrogens with one attached hydrogen (secondary N) is 1. The first-order valence-electron chi connectivity index (χ1n) is 7.59. The molecule has 2 aromatic carbocycles. The molecule has 0 fully saturated rings. The molecule has 26 heavy (non-hydrogen) atoms. The molecule has 1 heterocycles. The Hall–Kier alpha value is -2.25. The van der Waals surface area contributed by atoms with E-state index in [1.54, 1.807) is 19.1 Å². The molecule has 3 rings (SSSR count). The number of hydrogen-bond acceptors (Lipinski definition) is 2. The van der Waals surface area contributed by atoms with Crippen LogP contribution in [0.2, 0.25) is 5.15 Å². The number of amides is 1. The number of nitrogens with zero attached hydrogens (tertiary/aromatic N) is 2. The molecule has 0 aliphatic heterocycles. The largest absolute Gasteiger partial charge is 0.321 e. The predicted octanol–water partition coefficient (Wildman–Crippen LogP) is 5.19. The molecule has 8 heteroatoms. The van der Waals surface area contributed by atoms with Crippen LogP contribution in [0.4, 0.5) is 14.5 Å². The molecule has 1 N–H and O–H groups in total. The van der Waals surface area contributed by atoms with Crippen molar-refractivity contribution in [2.75, 3.05) is 5.32 Å². The van der Waals surface area contributed by atoms with Crippen LogP contribution in [0.15, 0.2) is 46.9 Å². The van der Waals surface area contributed by atoms with E-state index in [1.807, 2.05) is 0 Å². The topological polar surface area (TPSA) is 46.9 Å². The minimum Gasteiger partial charge on any atom is -0.321 e. The molecule has 0 unspecified atom stereocenters. The molecule has 134 valence electrons. The minimum absolute atomic E-state index is 0.169. The van der Waals surface area contributed by atoms with Crippen LogP contribution in [-0.4, -0.2) is 15.7 Å². The summed E-state index contributed by atoms with van der Waals surface area (Å²) in [6, 6.07) is 9.88. The third-order valence-corrected chi connectivity index (χ3v) is 4.76. The Balaban J connectivity index is 1.84. The highest BCUT2D eigenvalue weighted by molar-refractivity contribution is 9.10. The van der Waals surface area contributed by atoms with E-state index in [2.05, 4.69) is 26.3 Å². The van der Waals surface area contributed by atoms with Gasteiger partial charge in [-0.1, -0.05) is 23.7 Å². The summed E-state index contributed by atoms with van der Waals surface area (Å²) in [6.07, 6.45) is 0. The first kappa shape index (κ1) is 18.5. The van der Waals surface area contributed by atoms with Crippen LogP contribution in [0.3, 0.4) is 0 Å². The van der Waals surface area contributed by atoms with E-state index in [1.165, 1.54) is 35.0 Å². The smallest absolute Gasteiger partial charge is 0.260 e. The number of aromatic nitrogens is 2. The van der Waals surface area contributed by atoms with E-state index in [0.717, 1.165) is 5.56 Å². The molecule has 0 aliphatic rings. The second-order valence-electron chi connectivity index (χ2n) is 5.61. The van der Waals surface area contributed by atoms with Crippen LogP contribution in [0.5, 0.6) is 0 Å². The maximum Gasteiger partial charge on any atom is 0.260 e. The molecule has 0 aliphatic carbocycles. The maximum atomic E-state index is 13.2. The molecule has 1 amide bonds. The number of hydrogen-bond donors (Lipinski definition) is 1. The number of anilines is 1. The summed E-state index contributed by atoms with van der Waals surface area (Å²) in [4.78, 5) is 12.6. The number of aryl methyl sites for hydroxylation is 1. The normalized spacial score (nSPS) is 10.8. The van der Waals surface area contributed by atoms with Crippen molar-refractivity contribution in [2.24, 2.45) is 0 Å². The molecule has 0 saturated heterocycles. The van der Waals surface area contributed by atoms with E-state index >= 15 is 0 Å². The van der Waals surface area contributed by atoms with Gasteiger partial charge in [-0.2, -0.15) is 5.10 Å². The molecule has 0 bridgehead atoms. The van der Waals surface area contributed by atoms with Crippen molar-refractivity contribution in [1.82, 2.24) is 9.78 Å². The highest BCUT2D eigenvalue weighted by Crippen LogP contribution is 2.26. The van der Waals surface area contributed by atoms with E-state index < -0.39 is 11.7 Å². The van der Waals surface area contributed by atoms with Crippen LogP contribution in [-0.2, 0) is 6.54 Å². The van der Waals surface area contributed by atoms with Crippen LogP contribution < -0.4 is 5.32 Å². The van der Waals surface area contributed by atoms with Gasteiger partial charge in [-0.25, -0.2) is 13.5 Å². The summed E-state index contributed by atoms with van der Waals surface area (Å²) in [5.74, 6) is -1.21. The lowest BCUT2D eigenvalue weighted by Crippen LogP contribution is -2.13. The van der Waals surface area contributed by atoms with E-state index in [0.29, 0.717) is 22.4 Å². The lowest BCUT2D eigenvalue weighted by Gasteiger charge is -2.08. The van der Waals surface area contributed by atoms with Gasteiger partial charge in [0.15, 0.2) is 0 Å². The first-order valence-corrected chi connectivity index (χ1v) is 8.76. The molecule has 0 atom stereocenters. The van der Waals surface area contributed by atoms with Crippen LogP contribution in [0.25, 0.3) is 0 Å². The predicted molar refractivity (Wildman–Crippen MR) is 99.5 cm³/mol. The summed E-state index contributed by atoms with van der Waals surface area (Å²) in [5, 5.41) is 7.13. The zero-order valence-corrected chi connectivity index (χ0v) is 15.9. The number of benzene rings is 2. The minimum atomic E-state index is -0.454. The van der Waals surface area contributed by atoms with Crippen molar-refractivity contribution in [3.63, 3.8) is 0 Å². The molecule has 0 radical (unpaired) electrons. The molecular weight excluding hydrogens is 428 g/mol. The molecule has 0 saturated carbocycles. The van der Waals surface area contributed by atoms with Gasteiger partial charge in [0.25, 0.3) is 5.91 Å². The second-order valence-corrected chi connectivity index (χ2v) is 6.83. The quantitative estimate of drug-likeness (QED) is 0.607. The Morgan fingerprint density at radius 1 is 1.19 bits per heavy atom. The number of carbonyl (C=O) groups excluding carboxylic acids is 1. The Bertz CT molecular complexity index is 973. The Morgan fingerprint density at radius 2 is 1.85 bits per heavy atom. The number of carbonyl (C=O) groups is 1. The number of halogens is 4. The molecule has 1 aromatic heterocycles. The summed E-state index contributed by atoms with van der Waals surface area (Å²) >= 11 is 9.53. The highest BCUT2D eigenvalue weighted by atomic mass is 79.9. The monoisotopic (exact) mass is 439 g/mol. The third-order valence-electron chi connectivity index (χ3n) is 3.72. The van der Waals surface area contributed by atoms with Gasteiger partial charge in [-0.15, -0.1) is 0 Å². The standard InChI is InChI=1S/C18H13BrClF2N3O/c1-10-16(18(26)23-15-7-6-13(22)8-14(15)19)17(20)25(24-10)9-11-2-4-12(21)5-3-11/h2-8H,9H2,1H3,(H,23,26). The van der Waals surface area contributed by atoms with E-state index in [4.69, 9.17) is 11.6 Å². The van der Waals surface area contributed by atoms with Crippen molar-refractivity contribution < 1.29 is 13.6 Å². The van der Waals surface area contributed by atoms with Gasteiger partial charge >= 0.3 is 0 Å². The maximum absolute atomic E-state index is 13.2. The average Bonchev–Trinajstić information content (AvgIpc) is 2.86. The summed E-state index contributed by atoms with van der Waals surface area (Å²) in [5.41, 5.74) is 1.89. The third kappa shape index (κ3) is 3.94. The lowest BCUT2D eigenvalue weighted by atomic mass is 10.2. The van der Waals surface area contributed by atoms with Gasteiger partial charge in [0.2, 0.25) is 0 Å². The van der Waals surface area contributed by atoms with E-state index in [9.17, 15) is 13.6 Å². The van der Waals surface area contributed by atoms with Crippen LogP contribution >= 0.6 is 27.5 Å². The number of rotatable bonds is 4. The second kappa shape index (κ2) is 7.55. The van der Waals surface area contributed by atoms with Gasteiger partial charge in [0.05, 0.1) is 23.5 Å². The SMILES string of the molecule is Cc1nn(Cc2ccc(F)cc2)c(Cl)c1C(=O)Nc1ccc(F)cc1Br. The average molecular weight is 441 g/mol. The van der Waals surface area contributed by atoms with Gasteiger partial charge in [-0.05, 0) is 58.7 Å². The summed E-state index contributed by atoms with van der Waals surface area (Å²) in [7, 11) is 0. The lowest BCUT2D eigenvalue weighted by molar-refractivity contribution is 0.102. The van der Waals surface area contributed by atoms with Crippen molar-refractivity contribution in [3.05, 3.63) is 80.5 Å². The summed E-state index contributed by atoms with van der Waals surface area (Å²) < 4.78 is 28.1. The highest BCUT2D eigenvalue weighted by Gasteiger charge is 2.21. The van der Waals surface area contributed by atoms with Crippen LogP contribution in [0, 0.1) is 18.6 Å². The van der Waals surface area contributed by atoms with Crippen LogP contribution in [0.1, 0.15) is 21.6 Å². The fraction of sp³-hybridized carbons (Fsp3) is 0.111. The fourth-order valence-corrected chi connectivity index (χ4v) is 3.22. The zero-order valence-electron chi connectivity index (χ0n) is 13.6. The first-order chi connectivity index (χ1) is 12.3. The van der Waals surface area contributed by atoms with Crippen molar-refractivity contribution in [2.45, 2.75) is 13.5 Å². The van der Waals surface area contributed by atoms with E-state index in [-0.39, 0.29) is 16.5 Å². The fourth-order valence-electron chi connectivity index (χ4n) is 2.45. The summed E-state index contributed by atoms with van der Waals surface area (Å²) in [6.45, 7) is 1.97. The molecule has 0 spiro atoms. The molecule has 3 aromatic rings. The van der Waals surface area contributed by atoms with Gasteiger partial charge < -0.3 is 5.32 Å². The molecular formula is C18H13BrClF2N3O. The van der Waals surface area contributed by atoms with Crippen molar-refractivity contribution >= 4 is 39.1 Å². The van der Waals surface area contributed by atoms with Gasteiger partial charge in [0.1, 0.15) is 16.8 Å². The van der Waals surface area contributed by atoms with Crippen molar-refractivity contribution in [3.8, 4) is 0 Å². The zero-order chi connectivity index (χ0) is 18.8. The van der Waals surface area contributed by atoms with Gasteiger partial charge in [-0.3, -0.25) is 4.79 Å². The Morgan fingerprint density at radius 3 is 2.50 bits per heavy atom. The van der Waals surface area contributed by atoms with Gasteiger partial charge in [0, 0.05) is 4.47 Å². The Labute approximate surface area is 161 Å². The molecule has 4 nitrogen and oxygen atoms in total. The Kier molecular flexibility index (Phi) is 5.38. The van der Waals surface area contributed by atoms with Crippen molar-refractivity contribution in [1.29, 1.82) is 0 Å².